The van der Waals surface area contributed by atoms with Gasteiger partial charge in [0.25, 0.3) is 0 Å². The van der Waals surface area contributed by atoms with Crippen molar-refractivity contribution in [2.75, 3.05) is 5.33 Å². The molecule has 0 heterocycles. The molecule has 0 amide bonds. The fraction of sp³-hybridized carbons (Fsp3) is 0.250. The number of hydrogen-bond acceptors (Lipinski definition) is 1. The summed E-state index contributed by atoms with van der Waals surface area (Å²) in [6.07, 6.45) is -0.999. The molecule has 0 saturated heterocycles. The number of alkyl halides is 1. The van der Waals surface area contributed by atoms with Crippen molar-refractivity contribution in [3.8, 4) is 0 Å². The highest BCUT2D eigenvalue weighted by Crippen LogP contribution is 2.20. The molecule has 1 rings (SSSR count). The van der Waals surface area contributed by atoms with Gasteiger partial charge < -0.3 is 5.11 Å². The second-order valence-corrected chi connectivity index (χ2v) is 2.96. The van der Waals surface area contributed by atoms with Crippen LogP contribution in [0.3, 0.4) is 0 Å². The van der Waals surface area contributed by atoms with Crippen LogP contribution in [-0.2, 0) is 0 Å². The summed E-state index contributed by atoms with van der Waals surface area (Å²) in [5.74, 6) is -1.92. The molecule has 4 heteroatoms. The van der Waals surface area contributed by atoms with Crippen molar-refractivity contribution in [3.63, 3.8) is 0 Å². The lowest BCUT2D eigenvalue weighted by Crippen LogP contribution is -2.02. The predicted octanol–water partition coefficient (Wildman–Crippen LogP) is 2.39. The minimum atomic E-state index is -0.999. The standard InChI is InChI=1S/C8H7BrF2O/c9-4-7(12)5-2-1-3-6(10)8(5)11/h1-3,7,12H,4H2/t7-/m0/s1. The number of aliphatic hydroxyl groups excluding tert-OH is 1. The molecular weight excluding hydrogens is 230 g/mol. The summed E-state index contributed by atoms with van der Waals surface area (Å²) >= 11 is 2.97. The Labute approximate surface area is 77.2 Å². The Balaban J connectivity index is 3.07. The maximum Gasteiger partial charge on any atom is 0.164 e. The van der Waals surface area contributed by atoms with Crippen LogP contribution < -0.4 is 0 Å². The fourth-order valence-corrected chi connectivity index (χ4v) is 1.21. The van der Waals surface area contributed by atoms with Crippen LogP contribution in [-0.4, -0.2) is 10.4 Å². The molecule has 1 atom stereocenters. The predicted molar refractivity (Wildman–Crippen MR) is 45.1 cm³/mol. The van der Waals surface area contributed by atoms with Gasteiger partial charge in [-0.2, -0.15) is 0 Å². The van der Waals surface area contributed by atoms with Gasteiger partial charge in [-0.1, -0.05) is 28.1 Å². The molecule has 1 aromatic rings. The third-order valence-corrected chi connectivity index (χ3v) is 2.10. The molecule has 12 heavy (non-hydrogen) atoms. The van der Waals surface area contributed by atoms with E-state index in [2.05, 4.69) is 15.9 Å². The highest BCUT2D eigenvalue weighted by atomic mass is 79.9. The van der Waals surface area contributed by atoms with E-state index in [1.165, 1.54) is 12.1 Å². The lowest BCUT2D eigenvalue weighted by molar-refractivity contribution is 0.198. The third-order valence-electron chi connectivity index (χ3n) is 1.49. The van der Waals surface area contributed by atoms with E-state index in [0.29, 0.717) is 0 Å². The summed E-state index contributed by atoms with van der Waals surface area (Å²) in [6, 6.07) is 3.73. The molecule has 1 N–H and O–H groups in total. The fourth-order valence-electron chi connectivity index (χ4n) is 0.861. The average Bonchev–Trinajstić information content (AvgIpc) is 2.08. The van der Waals surface area contributed by atoms with Crippen LogP contribution in [0.1, 0.15) is 11.7 Å². The summed E-state index contributed by atoms with van der Waals surface area (Å²) in [7, 11) is 0. The van der Waals surface area contributed by atoms with Crippen molar-refractivity contribution in [2.24, 2.45) is 0 Å². The Morgan fingerprint density at radius 3 is 2.67 bits per heavy atom. The largest absolute Gasteiger partial charge is 0.387 e. The van der Waals surface area contributed by atoms with Crippen LogP contribution in [0.2, 0.25) is 0 Å². The van der Waals surface area contributed by atoms with Gasteiger partial charge in [0.1, 0.15) is 0 Å². The molecule has 0 unspecified atom stereocenters. The summed E-state index contributed by atoms with van der Waals surface area (Å²) in [5, 5.41) is 9.37. The molecule has 0 aliphatic heterocycles. The molecule has 0 aliphatic rings. The first-order valence-corrected chi connectivity index (χ1v) is 4.47. The minimum Gasteiger partial charge on any atom is -0.387 e. The molecule has 0 radical (unpaired) electrons. The SMILES string of the molecule is O[C@@H](CBr)c1cccc(F)c1F. The first-order chi connectivity index (χ1) is 5.66. The van der Waals surface area contributed by atoms with Crippen molar-refractivity contribution in [3.05, 3.63) is 35.4 Å². The molecule has 1 nitrogen and oxygen atoms in total. The van der Waals surface area contributed by atoms with Crippen LogP contribution in [0.4, 0.5) is 8.78 Å². The van der Waals surface area contributed by atoms with Crippen molar-refractivity contribution in [1.29, 1.82) is 0 Å². The van der Waals surface area contributed by atoms with Gasteiger partial charge in [0.15, 0.2) is 11.6 Å². The summed E-state index contributed by atoms with van der Waals surface area (Å²) in [4.78, 5) is 0. The molecule has 0 aliphatic carbocycles. The molecule has 0 aromatic heterocycles. The second-order valence-electron chi connectivity index (χ2n) is 2.31. The van der Waals surface area contributed by atoms with E-state index in [1.807, 2.05) is 0 Å². The van der Waals surface area contributed by atoms with Crippen molar-refractivity contribution >= 4 is 15.9 Å². The average molecular weight is 237 g/mol. The third kappa shape index (κ3) is 1.81. The number of hydrogen-bond donors (Lipinski definition) is 1. The molecular formula is C8H7BrF2O. The van der Waals surface area contributed by atoms with Gasteiger partial charge in [-0.25, -0.2) is 8.78 Å². The molecule has 0 fully saturated rings. The Hall–Kier alpha value is -0.480. The number of aliphatic hydroxyl groups is 1. The van der Waals surface area contributed by atoms with E-state index in [-0.39, 0.29) is 10.9 Å². The van der Waals surface area contributed by atoms with Gasteiger partial charge in [-0.05, 0) is 6.07 Å². The second kappa shape index (κ2) is 3.96. The van der Waals surface area contributed by atoms with E-state index in [1.54, 1.807) is 0 Å². The molecule has 1 aromatic carbocycles. The van der Waals surface area contributed by atoms with E-state index in [4.69, 9.17) is 0 Å². The van der Waals surface area contributed by atoms with Gasteiger partial charge in [0.05, 0.1) is 6.10 Å². The monoisotopic (exact) mass is 236 g/mol. The first kappa shape index (κ1) is 9.61. The van der Waals surface area contributed by atoms with E-state index in [0.717, 1.165) is 6.07 Å². The number of benzene rings is 1. The highest BCUT2D eigenvalue weighted by molar-refractivity contribution is 9.09. The maximum absolute atomic E-state index is 12.9. The Bertz CT molecular complexity index is 278. The van der Waals surface area contributed by atoms with E-state index in [9.17, 15) is 13.9 Å². The summed E-state index contributed by atoms with van der Waals surface area (Å²) < 4.78 is 25.5. The van der Waals surface area contributed by atoms with Crippen molar-refractivity contribution < 1.29 is 13.9 Å². The highest BCUT2D eigenvalue weighted by Gasteiger charge is 2.13. The molecule has 0 spiro atoms. The zero-order valence-electron chi connectivity index (χ0n) is 6.10. The zero-order chi connectivity index (χ0) is 9.14. The van der Waals surface area contributed by atoms with E-state index >= 15 is 0 Å². The van der Waals surface area contributed by atoms with Gasteiger partial charge in [0.2, 0.25) is 0 Å². The van der Waals surface area contributed by atoms with Crippen LogP contribution >= 0.6 is 15.9 Å². The summed E-state index contributed by atoms with van der Waals surface area (Å²) in [5.41, 5.74) is -0.0214. The number of rotatable bonds is 2. The number of halogens is 3. The Morgan fingerprint density at radius 1 is 1.42 bits per heavy atom. The molecule has 66 valence electrons. The van der Waals surface area contributed by atoms with Gasteiger partial charge >= 0.3 is 0 Å². The quantitative estimate of drug-likeness (QED) is 0.783. The zero-order valence-corrected chi connectivity index (χ0v) is 7.68. The van der Waals surface area contributed by atoms with Gasteiger partial charge in [-0.15, -0.1) is 0 Å². The van der Waals surface area contributed by atoms with Crippen LogP contribution in [0.15, 0.2) is 18.2 Å². The van der Waals surface area contributed by atoms with Gasteiger partial charge in [-0.3, -0.25) is 0 Å². The Morgan fingerprint density at radius 2 is 2.08 bits per heavy atom. The minimum absolute atomic E-state index is 0.0214. The van der Waals surface area contributed by atoms with E-state index < -0.39 is 17.7 Å². The first-order valence-electron chi connectivity index (χ1n) is 3.34. The van der Waals surface area contributed by atoms with Crippen molar-refractivity contribution in [2.45, 2.75) is 6.10 Å². The smallest absolute Gasteiger partial charge is 0.164 e. The van der Waals surface area contributed by atoms with Crippen LogP contribution in [0.5, 0.6) is 0 Å². The summed E-state index contributed by atoms with van der Waals surface area (Å²) in [6.45, 7) is 0. The van der Waals surface area contributed by atoms with Gasteiger partial charge in [0, 0.05) is 10.9 Å². The molecule has 0 saturated carbocycles. The van der Waals surface area contributed by atoms with Crippen LogP contribution in [0.25, 0.3) is 0 Å². The lowest BCUT2D eigenvalue weighted by atomic mass is 10.1. The lowest BCUT2D eigenvalue weighted by Gasteiger charge is -2.07. The van der Waals surface area contributed by atoms with Crippen LogP contribution in [0, 0.1) is 11.6 Å². The molecule has 0 bridgehead atoms. The normalized spacial score (nSPS) is 13.0. The maximum atomic E-state index is 12.9. The Kier molecular flexibility index (Phi) is 3.17. The van der Waals surface area contributed by atoms with Crippen molar-refractivity contribution in [1.82, 2.24) is 0 Å². The topological polar surface area (TPSA) is 20.2 Å².